The lowest BCUT2D eigenvalue weighted by Gasteiger charge is -2.23. The van der Waals surface area contributed by atoms with E-state index in [1.54, 1.807) is 44.2 Å². The number of Topliss-reactive ketones (excluding diaryl/α,β-unsaturated/α-hetero) is 1. The van der Waals surface area contributed by atoms with E-state index in [0.29, 0.717) is 54.5 Å². The second kappa shape index (κ2) is 8.81. The standard InChI is InChI=1S/C25H27N3O7S/c1-3-36(32,33)28-10-9-16-13-17(5-7-19(16)28)20(29)15-27-23(30)25(2,26-24(27)31)18-6-8-21-22(14-18)35-12-4-11-34-21/h5-8,13-14H,3-4,9-12,15H2,1-2H3,(H,26,31). The molecule has 0 spiro atoms. The van der Waals surface area contributed by atoms with Gasteiger partial charge in [0.2, 0.25) is 10.0 Å². The van der Waals surface area contributed by atoms with Crippen LogP contribution in [0.2, 0.25) is 0 Å². The smallest absolute Gasteiger partial charge is 0.325 e. The average Bonchev–Trinajstić information content (AvgIpc) is 3.28. The van der Waals surface area contributed by atoms with Crippen LogP contribution in [0.4, 0.5) is 10.5 Å². The summed E-state index contributed by atoms with van der Waals surface area (Å²) in [5.41, 5.74) is 0.774. The number of hydrogen-bond acceptors (Lipinski definition) is 7. The maximum Gasteiger partial charge on any atom is 0.325 e. The third-order valence-electron chi connectivity index (χ3n) is 6.86. The lowest BCUT2D eigenvalue weighted by molar-refractivity contribution is -0.130. The molecule has 1 N–H and O–H groups in total. The molecule has 2 aromatic carbocycles. The highest BCUT2D eigenvalue weighted by Gasteiger charge is 2.50. The molecule has 11 heteroatoms. The van der Waals surface area contributed by atoms with Crippen LogP contribution in [-0.2, 0) is 26.8 Å². The number of imide groups is 1. The first kappa shape index (κ1) is 24.1. The minimum atomic E-state index is -3.40. The van der Waals surface area contributed by atoms with Crippen LogP contribution in [0.15, 0.2) is 36.4 Å². The van der Waals surface area contributed by atoms with E-state index in [-0.39, 0.29) is 5.75 Å². The summed E-state index contributed by atoms with van der Waals surface area (Å²) in [5, 5.41) is 2.71. The van der Waals surface area contributed by atoms with Crippen LogP contribution >= 0.6 is 0 Å². The molecule has 190 valence electrons. The summed E-state index contributed by atoms with van der Waals surface area (Å²) in [6, 6.07) is 9.21. The SMILES string of the molecule is CCS(=O)(=O)N1CCc2cc(C(=O)CN3C(=O)NC(C)(c4ccc5c(c4)OCCCO5)C3=O)ccc21. The van der Waals surface area contributed by atoms with Crippen molar-refractivity contribution in [3.63, 3.8) is 0 Å². The predicted molar refractivity (Wildman–Crippen MR) is 131 cm³/mol. The molecule has 0 saturated carbocycles. The van der Waals surface area contributed by atoms with Gasteiger partial charge in [-0.15, -0.1) is 0 Å². The van der Waals surface area contributed by atoms with Crippen molar-refractivity contribution < 1.29 is 32.3 Å². The van der Waals surface area contributed by atoms with Gasteiger partial charge < -0.3 is 14.8 Å². The fourth-order valence-corrected chi connectivity index (χ4v) is 5.89. The highest BCUT2D eigenvalue weighted by atomic mass is 32.2. The van der Waals surface area contributed by atoms with Crippen molar-refractivity contribution in [3.8, 4) is 11.5 Å². The monoisotopic (exact) mass is 513 g/mol. The number of sulfonamides is 1. The van der Waals surface area contributed by atoms with E-state index in [9.17, 15) is 22.8 Å². The summed E-state index contributed by atoms with van der Waals surface area (Å²) >= 11 is 0. The number of ketones is 1. The van der Waals surface area contributed by atoms with Gasteiger partial charge in [-0.3, -0.25) is 18.8 Å². The number of nitrogens with zero attached hydrogens (tertiary/aromatic N) is 2. The van der Waals surface area contributed by atoms with Crippen LogP contribution < -0.4 is 19.1 Å². The van der Waals surface area contributed by atoms with Crippen LogP contribution in [0, 0.1) is 0 Å². The fourth-order valence-electron chi connectivity index (χ4n) is 4.74. The second-order valence-corrected chi connectivity index (χ2v) is 11.3. The Morgan fingerprint density at radius 2 is 1.83 bits per heavy atom. The number of rotatable bonds is 6. The Kier molecular flexibility index (Phi) is 5.90. The van der Waals surface area contributed by atoms with Gasteiger partial charge in [-0.25, -0.2) is 13.2 Å². The first-order chi connectivity index (χ1) is 17.1. The van der Waals surface area contributed by atoms with Crippen molar-refractivity contribution >= 4 is 33.4 Å². The zero-order valence-corrected chi connectivity index (χ0v) is 20.9. The molecule has 0 aliphatic carbocycles. The molecule has 10 nitrogen and oxygen atoms in total. The molecule has 3 amide bonds. The second-order valence-electron chi connectivity index (χ2n) is 9.15. The first-order valence-electron chi connectivity index (χ1n) is 11.8. The van der Waals surface area contributed by atoms with Crippen molar-refractivity contribution in [3.05, 3.63) is 53.1 Å². The minimum Gasteiger partial charge on any atom is -0.490 e. The number of carbonyl (C=O) groups excluding carboxylic acids is 3. The van der Waals surface area contributed by atoms with Gasteiger partial charge in [-0.1, -0.05) is 6.07 Å². The zero-order valence-electron chi connectivity index (χ0n) is 20.1. The van der Waals surface area contributed by atoms with E-state index in [0.717, 1.165) is 16.9 Å². The number of urea groups is 1. The van der Waals surface area contributed by atoms with E-state index >= 15 is 0 Å². The Bertz CT molecular complexity index is 1370. The van der Waals surface area contributed by atoms with E-state index in [2.05, 4.69) is 5.32 Å². The Morgan fingerprint density at radius 1 is 1.08 bits per heavy atom. The third kappa shape index (κ3) is 3.97. The molecular formula is C25H27N3O7S. The number of benzene rings is 2. The average molecular weight is 514 g/mol. The highest BCUT2D eigenvalue weighted by molar-refractivity contribution is 7.92. The predicted octanol–water partition coefficient (Wildman–Crippen LogP) is 2.21. The molecule has 3 heterocycles. The molecule has 1 unspecified atom stereocenters. The van der Waals surface area contributed by atoms with Crippen molar-refractivity contribution in [1.29, 1.82) is 0 Å². The highest BCUT2D eigenvalue weighted by Crippen LogP contribution is 2.37. The van der Waals surface area contributed by atoms with Crippen molar-refractivity contribution in [1.82, 2.24) is 10.2 Å². The van der Waals surface area contributed by atoms with Gasteiger partial charge in [-0.05, 0) is 61.7 Å². The summed E-state index contributed by atoms with van der Waals surface area (Å²) < 4.78 is 37.4. The molecular weight excluding hydrogens is 486 g/mol. The van der Waals surface area contributed by atoms with E-state index in [1.807, 2.05) is 0 Å². The molecule has 0 aromatic heterocycles. The van der Waals surface area contributed by atoms with Crippen LogP contribution in [0.1, 0.15) is 41.8 Å². The van der Waals surface area contributed by atoms with E-state index in [4.69, 9.17) is 9.47 Å². The first-order valence-corrected chi connectivity index (χ1v) is 13.5. The number of nitrogens with one attached hydrogen (secondary N) is 1. The van der Waals surface area contributed by atoms with Gasteiger partial charge in [-0.2, -0.15) is 0 Å². The molecule has 2 aromatic rings. The summed E-state index contributed by atoms with van der Waals surface area (Å²) in [6.07, 6.45) is 1.23. The van der Waals surface area contributed by atoms with Gasteiger partial charge in [0.25, 0.3) is 5.91 Å². The molecule has 36 heavy (non-hydrogen) atoms. The maximum atomic E-state index is 13.4. The van der Waals surface area contributed by atoms with Gasteiger partial charge in [0, 0.05) is 18.5 Å². The quantitative estimate of drug-likeness (QED) is 0.464. The number of carbonyl (C=O) groups is 3. The Balaban J connectivity index is 1.35. The van der Waals surface area contributed by atoms with Crippen molar-refractivity contribution in [2.45, 2.75) is 32.2 Å². The summed E-state index contributed by atoms with van der Waals surface area (Å²) in [5.74, 6) is 0.102. The fraction of sp³-hybridized carbons (Fsp3) is 0.400. The number of ether oxygens (including phenoxy) is 2. The Hall–Kier alpha value is -3.60. The largest absolute Gasteiger partial charge is 0.490 e. The summed E-state index contributed by atoms with van der Waals surface area (Å²) in [6.45, 7) is 4.09. The zero-order chi connectivity index (χ0) is 25.7. The van der Waals surface area contributed by atoms with Gasteiger partial charge in [0.05, 0.1) is 31.2 Å². The van der Waals surface area contributed by atoms with Crippen LogP contribution in [-0.4, -0.2) is 63.1 Å². The molecule has 5 rings (SSSR count). The van der Waals surface area contributed by atoms with Gasteiger partial charge in [0.1, 0.15) is 5.54 Å². The third-order valence-corrected chi connectivity index (χ3v) is 8.64. The van der Waals surface area contributed by atoms with E-state index < -0.39 is 39.8 Å². The number of fused-ring (bicyclic) bond motifs is 2. The topological polar surface area (TPSA) is 122 Å². The molecule has 0 bridgehead atoms. The Morgan fingerprint density at radius 3 is 2.58 bits per heavy atom. The van der Waals surface area contributed by atoms with Crippen molar-refractivity contribution in [2.24, 2.45) is 0 Å². The molecule has 1 saturated heterocycles. The molecule has 1 atom stereocenters. The van der Waals surface area contributed by atoms with E-state index in [1.165, 1.54) is 10.4 Å². The van der Waals surface area contributed by atoms with Crippen LogP contribution in [0.3, 0.4) is 0 Å². The minimum absolute atomic E-state index is 0.0125. The number of amides is 3. The van der Waals surface area contributed by atoms with Crippen LogP contribution in [0.25, 0.3) is 0 Å². The maximum absolute atomic E-state index is 13.4. The van der Waals surface area contributed by atoms with Crippen LogP contribution in [0.5, 0.6) is 11.5 Å². The van der Waals surface area contributed by atoms with Crippen molar-refractivity contribution in [2.75, 3.05) is 36.4 Å². The lowest BCUT2D eigenvalue weighted by Crippen LogP contribution is -2.41. The lowest BCUT2D eigenvalue weighted by atomic mass is 9.91. The molecule has 3 aliphatic rings. The molecule has 0 radical (unpaired) electrons. The molecule has 3 aliphatic heterocycles. The Labute approximate surface area is 209 Å². The summed E-state index contributed by atoms with van der Waals surface area (Å²) in [7, 11) is -3.40. The normalized spacial score (nSPS) is 21.3. The number of anilines is 1. The number of hydrogen-bond donors (Lipinski definition) is 1. The van der Waals surface area contributed by atoms with Gasteiger partial charge in [0.15, 0.2) is 17.3 Å². The summed E-state index contributed by atoms with van der Waals surface area (Å²) in [4.78, 5) is 40.1. The van der Waals surface area contributed by atoms with Gasteiger partial charge >= 0.3 is 6.03 Å². The molecule has 1 fully saturated rings.